The van der Waals surface area contributed by atoms with Crippen molar-refractivity contribution in [2.24, 2.45) is 0 Å². The molecule has 1 saturated heterocycles. The van der Waals surface area contributed by atoms with Crippen molar-refractivity contribution >= 4 is 0 Å². The molecule has 0 amide bonds. The van der Waals surface area contributed by atoms with Gasteiger partial charge >= 0.3 is 0 Å². The molecule has 1 fully saturated rings. The highest BCUT2D eigenvalue weighted by Gasteiger charge is 2.14. The maximum Gasteiger partial charge on any atom is 0.134 e. The third kappa shape index (κ3) is 3.85. The molecular weight excluding hydrogens is 274 g/mol. The summed E-state index contributed by atoms with van der Waals surface area (Å²) in [4.78, 5) is 0. The fraction of sp³-hybridized carbons (Fsp3) is 0.375. The third-order valence-corrected chi connectivity index (χ3v) is 3.42. The summed E-state index contributed by atoms with van der Waals surface area (Å²) in [5.74, 6) is 1.89. The molecule has 1 unspecified atom stereocenters. The van der Waals surface area contributed by atoms with Gasteiger partial charge in [0, 0.05) is 18.7 Å². The van der Waals surface area contributed by atoms with Crippen LogP contribution in [0.2, 0.25) is 0 Å². The second-order valence-corrected chi connectivity index (χ2v) is 4.90. The Morgan fingerprint density at radius 1 is 1.10 bits per heavy atom. The lowest BCUT2D eigenvalue weighted by molar-refractivity contribution is -0.00000579. The molecule has 3 nitrogen and oxygen atoms in total. The second-order valence-electron chi connectivity index (χ2n) is 4.90. The van der Waals surface area contributed by atoms with E-state index in [9.17, 15) is 0 Å². The molecule has 2 aromatic rings. The summed E-state index contributed by atoms with van der Waals surface area (Å²) in [6, 6.07) is 14.2. The Balaban J connectivity index is 0.00000147. The number of nitrogens with one attached hydrogen (secondary N) is 1. The van der Waals surface area contributed by atoms with Crippen molar-refractivity contribution in [3.05, 3.63) is 48.2 Å². The topological polar surface area (TPSA) is 34.4 Å². The lowest BCUT2D eigenvalue weighted by Gasteiger charge is -2.09. The van der Waals surface area contributed by atoms with Gasteiger partial charge in [-0.1, -0.05) is 30.3 Å². The van der Waals surface area contributed by atoms with E-state index >= 15 is 0 Å². The van der Waals surface area contributed by atoms with Gasteiger partial charge in [0.15, 0.2) is 0 Å². The quantitative estimate of drug-likeness (QED) is 0.856. The number of ether oxygens (including phenoxy) is 1. The molecule has 0 spiro atoms. The van der Waals surface area contributed by atoms with E-state index in [1.54, 1.807) is 0 Å². The first kappa shape index (κ1) is 15.1. The molecule has 0 saturated carbocycles. The number of hydrogen-bond donors (Lipinski definition) is 1. The molecule has 1 atom stereocenters. The van der Waals surface area contributed by atoms with Crippen molar-refractivity contribution < 1.29 is 21.6 Å². The third-order valence-electron chi connectivity index (χ3n) is 3.42. The van der Waals surface area contributed by atoms with Crippen molar-refractivity contribution in [2.45, 2.75) is 25.5 Å². The molecule has 2 heterocycles. The Hall–Kier alpha value is -1.29. The first-order chi connectivity index (χ1) is 9.42. The molecule has 0 bridgehead atoms. The minimum Gasteiger partial charge on any atom is -1.00 e. The molecule has 0 radical (unpaired) electrons. The van der Waals surface area contributed by atoms with E-state index in [1.807, 2.05) is 30.3 Å². The molecule has 108 valence electrons. The molecular formula is C16H19ClNO2-. The van der Waals surface area contributed by atoms with E-state index in [2.05, 4.69) is 17.4 Å². The summed E-state index contributed by atoms with van der Waals surface area (Å²) in [5.41, 5.74) is 1.12. The van der Waals surface area contributed by atoms with Crippen molar-refractivity contribution in [3.8, 4) is 11.3 Å². The normalized spacial score (nSPS) is 17.9. The minimum absolute atomic E-state index is 0. The molecule has 1 aliphatic heterocycles. The number of benzene rings is 1. The zero-order chi connectivity index (χ0) is 12.9. The first-order valence-electron chi connectivity index (χ1n) is 6.88. The van der Waals surface area contributed by atoms with Crippen LogP contribution in [0.3, 0.4) is 0 Å². The number of halogens is 1. The van der Waals surface area contributed by atoms with E-state index < -0.39 is 0 Å². The van der Waals surface area contributed by atoms with E-state index in [4.69, 9.17) is 9.15 Å². The summed E-state index contributed by atoms with van der Waals surface area (Å²) in [6.07, 6.45) is 2.73. The number of rotatable bonds is 5. The average molecular weight is 293 g/mol. The van der Waals surface area contributed by atoms with Crippen molar-refractivity contribution in [2.75, 3.05) is 13.2 Å². The van der Waals surface area contributed by atoms with Gasteiger partial charge < -0.3 is 26.9 Å². The van der Waals surface area contributed by atoms with Crippen molar-refractivity contribution in [3.63, 3.8) is 0 Å². The van der Waals surface area contributed by atoms with Gasteiger partial charge in [-0.05, 0) is 25.0 Å². The van der Waals surface area contributed by atoms with Gasteiger partial charge in [-0.3, -0.25) is 0 Å². The van der Waals surface area contributed by atoms with Crippen LogP contribution in [0.5, 0.6) is 0 Å². The Morgan fingerprint density at radius 2 is 1.95 bits per heavy atom. The maximum atomic E-state index is 5.83. The summed E-state index contributed by atoms with van der Waals surface area (Å²) in [5, 5.41) is 3.39. The zero-order valence-electron chi connectivity index (χ0n) is 11.3. The first-order valence-corrected chi connectivity index (χ1v) is 6.88. The molecule has 1 aromatic carbocycles. The summed E-state index contributed by atoms with van der Waals surface area (Å²) < 4.78 is 11.4. The highest BCUT2D eigenvalue weighted by atomic mass is 35.5. The van der Waals surface area contributed by atoms with E-state index in [0.717, 1.165) is 36.8 Å². The smallest absolute Gasteiger partial charge is 0.134 e. The van der Waals surface area contributed by atoms with Gasteiger partial charge in [-0.15, -0.1) is 0 Å². The zero-order valence-corrected chi connectivity index (χ0v) is 12.1. The molecule has 3 rings (SSSR count). The van der Waals surface area contributed by atoms with Crippen LogP contribution in [-0.2, 0) is 11.3 Å². The molecule has 0 aliphatic carbocycles. The molecule has 4 heteroatoms. The van der Waals surface area contributed by atoms with Crippen molar-refractivity contribution in [1.29, 1.82) is 0 Å². The molecule has 1 N–H and O–H groups in total. The Labute approximate surface area is 125 Å². The van der Waals surface area contributed by atoms with E-state index in [0.29, 0.717) is 6.10 Å². The fourth-order valence-corrected chi connectivity index (χ4v) is 2.39. The van der Waals surface area contributed by atoms with E-state index in [-0.39, 0.29) is 12.4 Å². The standard InChI is InChI=1S/C16H19NO2.ClH/c1-2-5-13(6-3-1)16-9-8-15(19-16)12-17-11-14-7-4-10-18-14;/h1-3,5-6,8-9,14,17H,4,7,10-12H2;1H/p-1. The van der Waals surface area contributed by atoms with Crippen LogP contribution in [0.4, 0.5) is 0 Å². The van der Waals surface area contributed by atoms with Crippen LogP contribution in [0, 0.1) is 0 Å². The Bertz CT molecular complexity index is 506. The number of hydrogen-bond acceptors (Lipinski definition) is 3. The van der Waals surface area contributed by atoms with E-state index in [1.165, 1.54) is 12.8 Å². The second kappa shape index (κ2) is 7.48. The summed E-state index contributed by atoms with van der Waals surface area (Å²) >= 11 is 0. The maximum absolute atomic E-state index is 5.83. The van der Waals surface area contributed by atoms with Crippen LogP contribution in [0.1, 0.15) is 18.6 Å². The highest BCUT2D eigenvalue weighted by molar-refractivity contribution is 5.57. The lowest BCUT2D eigenvalue weighted by atomic mass is 10.2. The lowest BCUT2D eigenvalue weighted by Crippen LogP contribution is -3.00. The van der Waals surface area contributed by atoms with Gasteiger partial charge in [-0.2, -0.15) is 0 Å². The van der Waals surface area contributed by atoms with Gasteiger partial charge in [0.1, 0.15) is 11.5 Å². The average Bonchev–Trinajstić information content (AvgIpc) is 3.11. The number of furan rings is 1. The SMILES string of the molecule is [Cl-].c1ccc(-c2ccc(CNCC3CCCO3)o2)cc1. The molecule has 1 aromatic heterocycles. The predicted molar refractivity (Wildman–Crippen MR) is 74.8 cm³/mol. The van der Waals surface area contributed by atoms with Crippen LogP contribution >= 0.6 is 0 Å². The van der Waals surface area contributed by atoms with Crippen molar-refractivity contribution in [1.82, 2.24) is 5.32 Å². The molecule has 1 aliphatic rings. The van der Waals surface area contributed by atoms with Crippen LogP contribution < -0.4 is 17.7 Å². The van der Waals surface area contributed by atoms with Gasteiger partial charge in [0.05, 0.1) is 12.6 Å². The van der Waals surface area contributed by atoms with Crippen LogP contribution in [-0.4, -0.2) is 19.3 Å². The summed E-state index contributed by atoms with van der Waals surface area (Å²) in [6.45, 7) is 2.57. The van der Waals surface area contributed by atoms with Gasteiger partial charge in [0.2, 0.25) is 0 Å². The Kier molecular flexibility index (Phi) is 5.65. The van der Waals surface area contributed by atoms with Gasteiger partial charge in [-0.25, -0.2) is 0 Å². The van der Waals surface area contributed by atoms with Crippen LogP contribution in [0.25, 0.3) is 11.3 Å². The monoisotopic (exact) mass is 292 g/mol. The predicted octanol–water partition coefficient (Wildman–Crippen LogP) is 0.219. The fourth-order valence-electron chi connectivity index (χ4n) is 2.39. The largest absolute Gasteiger partial charge is 1.00 e. The van der Waals surface area contributed by atoms with Crippen LogP contribution in [0.15, 0.2) is 46.9 Å². The van der Waals surface area contributed by atoms with Gasteiger partial charge in [0.25, 0.3) is 0 Å². The highest BCUT2D eigenvalue weighted by Crippen LogP contribution is 2.21. The molecule has 20 heavy (non-hydrogen) atoms. The minimum atomic E-state index is 0. The Morgan fingerprint density at radius 3 is 2.70 bits per heavy atom. The summed E-state index contributed by atoms with van der Waals surface area (Å²) in [7, 11) is 0.